The number of amides is 1. The van der Waals surface area contributed by atoms with Crippen molar-refractivity contribution >= 4 is 22.4 Å². The summed E-state index contributed by atoms with van der Waals surface area (Å²) in [6.45, 7) is 3.97. The van der Waals surface area contributed by atoms with Gasteiger partial charge in [0.2, 0.25) is 5.91 Å². The van der Waals surface area contributed by atoms with E-state index in [0.29, 0.717) is 11.6 Å². The number of nitrogens with zero attached hydrogens (tertiary/aromatic N) is 2. The Morgan fingerprint density at radius 2 is 1.75 bits per heavy atom. The molecule has 2 aromatic heterocycles. The second-order valence-corrected chi connectivity index (χ2v) is 6.38. The lowest BCUT2D eigenvalue weighted by Gasteiger charge is -2.03. The van der Waals surface area contributed by atoms with Gasteiger partial charge in [0.25, 0.3) is 0 Å². The molecule has 0 unspecified atom stereocenters. The highest BCUT2D eigenvalue weighted by molar-refractivity contribution is 7.19. The molecule has 0 atom stereocenters. The number of anilines is 1. The Morgan fingerprint density at radius 1 is 1.04 bits per heavy atom. The molecule has 1 N–H and O–H groups in total. The highest BCUT2D eigenvalue weighted by Gasteiger charge is 2.16. The first kappa shape index (κ1) is 16.3. The third-order valence-electron chi connectivity index (χ3n) is 3.77. The summed E-state index contributed by atoms with van der Waals surface area (Å²) in [5, 5.41) is 3.50. The minimum atomic E-state index is -0.0297. The summed E-state index contributed by atoms with van der Waals surface area (Å²) in [6, 6.07) is 12.3. The third kappa shape index (κ3) is 3.51. The Hall–Kier alpha value is -2.53. The average Bonchev–Trinajstić information content (AvgIpc) is 3.06. The lowest BCUT2D eigenvalue weighted by Crippen LogP contribution is -2.08. The molecular weight excluding hydrogens is 318 g/mol. The van der Waals surface area contributed by atoms with Gasteiger partial charge in [-0.2, -0.15) is 0 Å². The molecule has 24 heavy (non-hydrogen) atoms. The van der Waals surface area contributed by atoms with Crippen molar-refractivity contribution in [1.29, 1.82) is 0 Å². The van der Waals surface area contributed by atoms with Crippen molar-refractivity contribution in [3.05, 3.63) is 54.4 Å². The van der Waals surface area contributed by atoms with Gasteiger partial charge in [0, 0.05) is 24.4 Å². The number of nitrogens with one attached hydrogen (secondary N) is 1. The van der Waals surface area contributed by atoms with Crippen LogP contribution in [0.15, 0.2) is 48.8 Å². The molecule has 0 spiro atoms. The molecule has 5 heteroatoms. The predicted octanol–water partition coefficient (Wildman–Crippen LogP) is 4.78. The van der Waals surface area contributed by atoms with Crippen molar-refractivity contribution in [1.82, 2.24) is 9.97 Å². The van der Waals surface area contributed by atoms with E-state index in [-0.39, 0.29) is 5.91 Å². The summed E-state index contributed by atoms with van der Waals surface area (Å²) in [7, 11) is 0. The van der Waals surface area contributed by atoms with Crippen LogP contribution in [0.5, 0.6) is 0 Å². The fourth-order valence-corrected chi connectivity index (χ4v) is 3.38. The SMILES string of the molecule is CCC(=O)Nc1nc(-c2ccc(CC)cc2)c(-c2ccncc2)s1. The largest absolute Gasteiger partial charge is 0.302 e. The maximum absolute atomic E-state index is 11.7. The van der Waals surface area contributed by atoms with Crippen LogP contribution >= 0.6 is 11.3 Å². The topological polar surface area (TPSA) is 54.9 Å². The molecule has 0 aliphatic rings. The molecule has 4 nitrogen and oxygen atoms in total. The molecule has 3 rings (SSSR count). The van der Waals surface area contributed by atoms with Gasteiger partial charge in [-0.1, -0.05) is 49.4 Å². The Balaban J connectivity index is 2.06. The molecule has 0 bridgehead atoms. The van der Waals surface area contributed by atoms with Crippen LogP contribution in [0.2, 0.25) is 0 Å². The Kier molecular flexibility index (Phi) is 5.01. The number of thiazole rings is 1. The van der Waals surface area contributed by atoms with Crippen LogP contribution in [-0.2, 0) is 11.2 Å². The van der Waals surface area contributed by atoms with Crippen LogP contribution in [0.4, 0.5) is 5.13 Å². The van der Waals surface area contributed by atoms with Crippen molar-refractivity contribution in [3.8, 4) is 21.7 Å². The van der Waals surface area contributed by atoms with E-state index >= 15 is 0 Å². The third-order valence-corrected chi connectivity index (χ3v) is 4.79. The van der Waals surface area contributed by atoms with Crippen LogP contribution in [0.3, 0.4) is 0 Å². The second kappa shape index (κ2) is 7.36. The lowest BCUT2D eigenvalue weighted by atomic mass is 10.0. The van der Waals surface area contributed by atoms with Gasteiger partial charge in [-0.15, -0.1) is 0 Å². The van der Waals surface area contributed by atoms with Crippen LogP contribution in [-0.4, -0.2) is 15.9 Å². The highest BCUT2D eigenvalue weighted by Crippen LogP contribution is 2.38. The number of carbonyl (C=O) groups is 1. The molecule has 2 heterocycles. The zero-order valence-electron chi connectivity index (χ0n) is 13.7. The van der Waals surface area contributed by atoms with Crippen molar-refractivity contribution in [2.45, 2.75) is 26.7 Å². The van der Waals surface area contributed by atoms with Gasteiger partial charge in [0.1, 0.15) is 0 Å². The summed E-state index contributed by atoms with van der Waals surface area (Å²) >= 11 is 1.49. The molecule has 0 saturated carbocycles. The van der Waals surface area contributed by atoms with Crippen molar-refractivity contribution in [2.24, 2.45) is 0 Å². The quantitative estimate of drug-likeness (QED) is 0.729. The maximum Gasteiger partial charge on any atom is 0.225 e. The first-order valence-electron chi connectivity index (χ1n) is 8.01. The molecule has 1 amide bonds. The number of benzene rings is 1. The van der Waals surface area contributed by atoms with Crippen LogP contribution in [0, 0.1) is 0 Å². The molecule has 3 aromatic rings. The highest BCUT2D eigenvalue weighted by atomic mass is 32.1. The Bertz CT molecular complexity index is 826. The first-order valence-corrected chi connectivity index (χ1v) is 8.83. The number of hydrogen-bond acceptors (Lipinski definition) is 4. The van der Waals surface area contributed by atoms with E-state index in [9.17, 15) is 4.79 Å². The molecule has 0 aliphatic carbocycles. The number of pyridine rings is 1. The standard InChI is InChI=1S/C19H19N3OS/c1-3-13-5-7-14(8-6-13)17-18(15-9-11-20-12-10-15)24-19(22-17)21-16(23)4-2/h5-12H,3-4H2,1-2H3,(H,21,22,23). The van der Waals surface area contributed by atoms with Gasteiger partial charge in [-0.3, -0.25) is 9.78 Å². The maximum atomic E-state index is 11.7. The monoisotopic (exact) mass is 337 g/mol. The lowest BCUT2D eigenvalue weighted by molar-refractivity contribution is -0.115. The number of aromatic nitrogens is 2. The van der Waals surface area contributed by atoms with Crippen LogP contribution in [0.25, 0.3) is 21.7 Å². The second-order valence-electron chi connectivity index (χ2n) is 5.38. The van der Waals surface area contributed by atoms with E-state index < -0.39 is 0 Å². The van der Waals surface area contributed by atoms with Crippen molar-refractivity contribution < 1.29 is 4.79 Å². The number of carbonyl (C=O) groups excluding carboxylic acids is 1. The minimum Gasteiger partial charge on any atom is -0.302 e. The molecule has 122 valence electrons. The summed E-state index contributed by atoms with van der Waals surface area (Å²) in [5.41, 5.74) is 4.28. The number of rotatable bonds is 5. The van der Waals surface area contributed by atoms with E-state index in [1.54, 1.807) is 12.4 Å². The van der Waals surface area contributed by atoms with E-state index in [4.69, 9.17) is 0 Å². The van der Waals surface area contributed by atoms with Gasteiger partial charge in [-0.25, -0.2) is 4.98 Å². The van der Waals surface area contributed by atoms with Gasteiger partial charge >= 0.3 is 0 Å². The van der Waals surface area contributed by atoms with Gasteiger partial charge in [0.05, 0.1) is 10.6 Å². The summed E-state index contributed by atoms with van der Waals surface area (Å²) in [6.07, 6.45) is 4.98. The molecule has 1 aromatic carbocycles. The van der Waals surface area contributed by atoms with Gasteiger partial charge < -0.3 is 5.32 Å². The van der Waals surface area contributed by atoms with E-state index in [2.05, 4.69) is 46.5 Å². The molecule has 0 fully saturated rings. The van der Waals surface area contributed by atoms with Crippen LogP contribution < -0.4 is 5.32 Å². The number of aryl methyl sites for hydroxylation is 1. The van der Waals surface area contributed by atoms with Crippen molar-refractivity contribution in [2.75, 3.05) is 5.32 Å². The molecule has 0 aliphatic heterocycles. The normalized spacial score (nSPS) is 10.6. The van der Waals surface area contributed by atoms with E-state index in [1.165, 1.54) is 16.9 Å². The van der Waals surface area contributed by atoms with Crippen molar-refractivity contribution in [3.63, 3.8) is 0 Å². The zero-order valence-corrected chi connectivity index (χ0v) is 14.6. The molecule has 0 radical (unpaired) electrons. The zero-order chi connectivity index (χ0) is 16.9. The molecular formula is C19H19N3OS. The van der Waals surface area contributed by atoms with E-state index in [0.717, 1.165) is 28.1 Å². The first-order chi connectivity index (χ1) is 11.7. The fourth-order valence-electron chi connectivity index (χ4n) is 2.37. The van der Waals surface area contributed by atoms with Crippen LogP contribution in [0.1, 0.15) is 25.8 Å². The Morgan fingerprint density at radius 3 is 2.38 bits per heavy atom. The smallest absolute Gasteiger partial charge is 0.225 e. The minimum absolute atomic E-state index is 0.0297. The number of hydrogen-bond donors (Lipinski definition) is 1. The average molecular weight is 337 g/mol. The Labute approximate surface area is 145 Å². The predicted molar refractivity (Wildman–Crippen MR) is 99.1 cm³/mol. The summed E-state index contributed by atoms with van der Waals surface area (Å²) in [5.74, 6) is -0.0297. The summed E-state index contributed by atoms with van der Waals surface area (Å²) in [4.78, 5) is 21.5. The van der Waals surface area contributed by atoms with Gasteiger partial charge in [-0.05, 0) is 29.7 Å². The summed E-state index contributed by atoms with van der Waals surface area (Å²) < 4.78 is 0. The molecule has 0 saturated heterocycles. The fraction of sp³-hybridized carbons (Fsp3) is 0.211. The van der Waals surface area contributed by atoms with Gasteiger partial charge in [0.15, 0.2) is 5.13 Å². The van der Waals surface area contributed by atoms with E-state index in [1.807, 2.05) is 19.1 Å².